The summed E-state index contributed by atoms with van der Waals surface area (Å²) in [5, 5.41) is 7.49. The molecule has 0 aromatic carbocycles. The van der Waals surface area contributed by atoms with Crippen LogP contribution in [0.15, 0.2) is 18.5 Å². The van der Waals surface area contributed by atoms with Crippen LogP contribution in [0, 0.1) is 11.8 Å². The normalized spacial score (nSPS) is 9.43. The summed E-state index contributed by atoms with van der Waals surface area (Å²) < 4.78 is 0. The Hall–Kier alpha value is -2.35. The van der Waals surface area contributed by atoms with Gasteiger partial charge in [-0.05, 0) is 12.0 Å². The summed E-state index contributed by atoms with van der Waals surface area (Å²) in [5.74, 6) is 4.10. The van der Waals surface area contributed by atoms with E-state index >= 15 is 0 Å². The molecular formula is C9H6N4O. The molecule has 0 aliphatic rings. The standard InChI is InChI=1S/C9H6N4O/c10-9(14)2-1-7-3-6-4-12-13-8(6)5-11-7/h3-5H,(H2,10,14)(H,12,13). The first-order valence-electron chi connectivity index (χ1n) is 3.86. The van der Waals surface area contributed by atoms with Gasteiger partial charge in [-0.3, -0.25) is 9.89 Å². The van der Waals surface area contributed by atoms with Gasteiger partial charge in [0, 0.05) is 11.3 Å². The minimum atomic E-state index is -0.668. The van der Waals surface area contributed by atoms with Crippen LogP contribution in [0.1, 0.15) is 5.69 Å². The third-order valence-corrected chi connectivity index (χ3v) is 1.64. The number of primary amides is 1. The summed E-state index contributed by atoms with van der Waals surface area (Å²) >= 11 is 0. The van der Waals surface area contributed by atoms with Crippen LogP contribution in [0.4, 0.5) is 0 Å². The molecule has 0 aliphatic heterocycles. The van der Waals surface area contributed by atoms with E-state index in [2.05, 4.69) is 27.0 Å². The van der Waals surface area contributed by atoms with Crippen LogP contribution in [-0.4, -0.2) is 21.1 Å². The first-order chi connectivity index (χ1) is 6.75. The molecule has 0 aliphatic carbocycles. The number of carbonyl (C=O) groups is 1. The number of nitrogens with two attached hydrogens (primary N) is 1. The highest BCUT2D eigenvalue weighted by molar-refractivity contribution is 5.92. The van der Waals surface area contributed by atoms with Gasteiger partial charge < -0.3 is 5.73 Å². The number of aromatic nitrogens is 3. The Morgan fingerprint density at radius 2 is 2.36 bits per heavy atom. The smallest absolute Gasteiger partial charge is 0.293 e. The fraction of sp³-hybridized carbons (Fsp3) is 0. The average Bonchev–Trinajstić information content (AvgIpc) is 2.61. The molecule has 2 aromatic rings. The van der Waals surface area contributed by atoms with Gasteiger partial charge in [0.05, 0.1) is 17.9 Å². The van der Waals surface area contributed by atoms with Gasteiger partial charge in [0.1, 0.15) is 5.69 Å². The molecule has 0 spiro atoms. The van der Waals surface area contributed by atoms with Crippen molar-refractivity contribution in [1.82, 2.24) is 15.2 Å². The second-order valence-corrected chi connectivity index (χ2v) is 2.64. The number of fused-ring (bicyclic) bond motifs is 1. The molecule has 5 nitrogen and oxygen atoms in total. The molecule has 14 heavy (non-hydrogen) atoms. The molecule has 0 unspecified atom stereocenters. The van der Waals surface area contributed by atoms with Crippen LogP contribution < -0.4 is 5.73 Å². The van der Waals surface area contributed by atoms with Crippen molar-refractivity contribution in [3.63, 3.8) is 0 Å². The molecule has 2 aromatic heterocycles. The number of rotatable bonds is 0. The van der Waals surface area contributed by atoms with Crippen molar-refractivity contribution in [2.75, 3.05) is 0 Å². The molecule has 3 N–H and O–H groups in total. The SMILES string of the molecule is NC(=O)C#Cc1cc2cn[nH]c2cn1. The molecule has 0 atom stereocenters. The third-order valence-electron chi connectivity index (χ3n) is 1.64. The minimum Gasteiger partial charge on any atom is -0.359 e. The van der Waals surface area contributed by atoms with E-state index in [4.69, 9.17) is 5.73 Å². The van der Waals surface area contributed by atoms with Crippen LogP contribution >= 0.6 is 0 Å². The molecule has 0 bridgehead atoms. The van der Waals surface area contributed by atoms with E-state index in [0.29, 0.717) is 5.69 Å². The van der Waals surface area contributed by atoms with Crippen LogP contribution in [-0.2, 0) is 4.79 Å². The Balaban J connectivity index is 2.45. The summed E-state index contributed by atoms with van der Waals surface area (Å²) in [6, 6.07) is 1.73. The van der Waals surface area contributed by atoms with Crippen LogP contribution in [0.3, 0.4) is 0 Å². The lowest BCUT2D eigenvalue weighted by molar-refractivity contribution is -0.112. The Morgan fingerprint density at radius 1 is 1.50 bits per heavy atom. The summed E-state index contributed by atoms with van der Waals surface area (Å²) in [4.78, 5) is 14.4. The Kier molecular flexibility index (Phi) is 1.88. The van der Waals surface area contributed by atoms with Gasteiger partial charge in [-0.1, -0.05) is 0 Å². The number of pyridine rings is 1. The lowest BCUT2D eigenvalue weighted by atomic mass is 10.3. The lowest BCUT2D eigenvalue weighted by Gasteiger charge is -1.88. The molecular weight excluding hydrogens is 180 g/mol. The number of amides is 1. The number of H-pyrrole nitrogens is 1. The van der Waals surface area contributed by atoms with Gasteiger partial charge in [0.2, 0.25) is 0 Å². The molecule has 68 valence electrons. The second-order valence-electron chi connectivity index (χ2n) is 2.64. The van der Waals surface area contributed by atoms with Crippen molar-refractivity contribution in [3.8, 4) is 11.8 Å². The summed E-state index contributed by atoms with van der Waals surface area (Å²) in [7, 11) is 0. The van der Waals surface area contributed by atoms with Gasteiger partial charge in [-0.25, -0.2) is 4.98 Å². The maximum atomic E-state index is 10.4. The highest BCUT2D eigenvalue weighted by Crippen LogP contribution is 2.08. The lowest BCUT2D eigenvalue weighted by Crippen LogP contribution is -2.06. The number of nitrogens with one attached hydrogen (secondary N) is 1. The van der Waals surface area contributed by atoms with Gasteiger partial charge >= 0.3 is 0 Å². The van der Waals surface area contributed by atoms with Crippen LogP contribution in [0.5, 0.6) is 0 Å². The molecule has 2 rings (SSSR count). The number of hydrogen-bond donors (Lipinski definition) is 2. The zero-order valence-corrected chi connectivity index (χ0v) is 7.11. The topological polar surface area (TPSA) is 84.7 Å². The fourth-order valence-corrected chi connectivity index (χ4v) is 1.04. The first kappa shape index (κ1) is 8.26. The Labute approximate surface area is 79.3 Å². The van der Waals surface area contributed by atoms with E-state index in [1.165, 1.54) is 0 Å². The number of hydrogen-bond acceptors (Lipinski definition) is 3. The van der Waals surface area contributed by atoms with Gasteiger partial charge in [0.15, 0.2) is 0 Å². The molecule has 0 saturated heterocycles. The predicted molar refractivity (Wildman–Crippen MR) is 50.0 cm³/mol. The largest absolute Gasteiger partial charge is 0.359 e. The fourth-order valence-electron chi connectivity index (χ4n) is 1.04. The molecule has 0 fully saturated rings. The average molecular weight is 186 g/mol. The quantitative estimate of drug-likeness (QED) is 0.558. The molecule has 0 radical (unpaired) electrons. The number of carbonyl (C=O) groups excluding carboxylic acids is 1. The van der Waals surface area contributed by atoms with Crippen molar-refractivity contribution < 1.29 is 4.79 Å². The van der Waals surface area contributed by atoms with E-state index in [1.807, 2.05) is 0 Å². The van der Waals surface area contributed by atoms with Crippen molar-refractivity contribution in [2.24, 2.45) is 5.73 Å². The summed E-state index contributed by atoms with van der Waals surface area (Å²) in [6.07, 6.45) is 3.26. The van der Waals surface area contributed by atoms with E-state index < -0.39 is 5.91 Å². The molecule has 1 amide bonds. The highest BCUT2D eigenvalue weighted by atomic mass is 16.1. The van der Waals surface area contributed by atoms with Crippen molar-refractivity contribution in [1.29, 1.82) is 0 Å². The van der Waals surface area contributed by atoms with Gasteiger partial charge in [0.25, 0.3) is 5.91 Å². The monoisotopic (exact) mass is 186 g/mol. The number of aromatic amines is 1. The molecule has 5 heteroatoms. The van der Waals surface area contributed by atoms with E-state index in [9.17, 15) is 4.79 Å². The zero-order valence-electron chi connectivity index (χ0n) is 7.11. The van der Waals surface area contributed by atoms with E-state index in [1.54, 1.807) is 18.5 Å². The maximum absolute atomic E-state index is 10.4. The maximum Gasteiger partial charge on any atom is 0.293 e. The predicted octanol–water partition coefficient (Wildman–Crippen LogP) is -0.205. The van der Waals surface area contributed by atoms with Gasteiger partial charge in [-0.15, -0.1) is 0 Å². The van der Waals surface area contributed by atoms with Crippen LogP contribution in [0.25, 0.3) is 10.9 Å². The van der Waals surface area contributed by atoms with Crippen molar-refractivity contribution in [2.45, 2.75) is 0 Å². The summed E-state index contributed by atoms with van der Waals surface area (Å²) in [6.45, 7) is 0. The second kappa shape index (κ2) is 3.18. The Morgan fingerprint density at radius 3 is 3.14 bits per heavy atom. The zero-order chi connectivity index (χ0) is 9.97. The Bertz CT molecular complexity index is 546. The van der Waals surface area contributed by atoms with Crippen molar-refractivity contribution >= 4 is 16.8 Å². The van der Waals surface area contributed by atoms with Crippen molar-refractivity contribution in [3.05, 3.63) is 24.2 Å². The van der Waals surface area contributed by atoms with Gasteiger partial charge in [-0.2, -0.15) is 5.10 Å². The molecule has 0 saturated carbocycles. The summed E-state index contributed by atoms with van der Waals surface area (Å²) in [5.41, 5.74) is 6.20. The van der Waals surface area contributed by atoms with E-state index in [0.717, 1.165) is 10.9 Å². The minimum absolute atomic E-state index is 0.498. The third kappa shape index (κ3) is 1.54. The van der Waals surface area contributed by atoms with Crippen LogP contribution in [0.2, 0.25) is 0 Å². The number of nitrogens with zero attached hydrogens (tertiary/aromatic N) is 2. The highest BCUT2D eigenvalue weighted by Gasteiger charge is 1.96. The first-order valence-corrected chi connectivity index (χ1v) is 3.86. The van der Waals surface area contributed by atoms with E-state index in [-0.39, 0.29) is 0 Å². The molecule has 2 heterocycles.